The van der Waals surface area contributed by atoms with Crippen molar-refractivity contribution in [3.05, 3.63) is 11.6 Å². The summed E-state index contributed by atoms with van der Waals surface area (Å²) in [7, 11) is 0. The molecule has 202 valence electrons. The molecule has 4 saturated carbocycles. The van der Waals surface area contributed by atoms with Crippen LogP contribution >= 0.6 is 0 Å². The van der Waals surface area contributed by atoms with Crippen LogP contribution in [0.15, 0.2) is 11.6 Å². The highest BCUT2D eigenvalue weighted by molar-refractivity contribution is 5.86. The average molecular weight is 503 g/mol. The number of allylic oxidation sites excluding steroid dienone is 2. The van der Waals surface area contributed by atoms with E-state index >= 15 is 0 Å². The Morgan fingerprint density at radius 3 is 2.28 bits per heavy atom. The van der Waals surface area contributed by atoms with Crippen LogP contribution in [0.1, 0.15) is 92.4 Å². The van der Waals surface area contributed by atoms with E-state index in [4.69, 9.17) is 0 Å². The minimum absolute atomic E-state index is 0.0205. The van der Waals surface area contributed by atoms with E-state index < -0.39 is 22.9 Å². The maximum Gasteiger partial charge on any atom is 0.312 e. The molecule has 4 fully saturated rings. The Balaban J connectivity index is 1.63. The number of carbonyl (C=O) groups excluding carboxylic acids is 1. The van der Waals surface area contributed by atoms with E-state index in [1.54, 1.807) is 0 Å². The van der Waals surface area contributed by atoms with Crippen LogP contribution in [0, 0.1) is 50.2 Å². The third kappa shape index (κ3) is 2.95. The molecular weight excluding hydrogens is 456 g/mol. The second-order valence-electron chi connectivity index (χ2n) is 14.6. The van der Waals surface area contributed by atoms with Gasteiger partial charge in [-0.2, -0.15) is 0 Å². The number of aliphatic carboxylic acids is 1. The first-order valence-electron chi connectivity index (χ1n) is 14.1. The number of rotatable bonds is 3. The Kier molecular flexibility index (Phi) is 5.78. The Hall–Kier alpha value is -1.24. The highest BCUT2D eigenvalue weighted by atomic mass is 16.4. The van der Waals surface area contributed by atoms with Gasteiger partial charge in [-0.3, -0.25) is 9.59 Å². The highest BCUT2D eigenvalue weighted by Gasteiger charge is 2.71. The summed E-state index contributed by atoms with van der Waals surface area (Å²) in [6, 6.07) is 0. The molecule has 4 N–H and O–H groups in total. The van der Waals surface area contributed by atoms with Gasteiger partial charge in [0, 0.05) is 13.0 Å². The molecule has 0 radical (unpaired) electrons. The average Bonchev–Trinajstić information content (AvgIpc) is 2.82. The molecule has 0 heterocycles. The molecule has 0 aliphatic heterocycles. The van der Waals surface area contributed by atoms with Gasteiger partial charge in [0.1, 0.15) is 11.2 Å². The maximum absolute atomic E-state index is 13.0. The van der Waals surface area contributed by atoms with Crippen molar-refractivity contribution in [2.45, 2.75) is 98.5 Å². The first-order valence-corrected chi connectivity index (χ1v) is 14.1. The fourth-order valence-electron chi connectivity index (χ4n) is 10.6. The minimum Gasteiger partial charge on any atom is -0.481 e. The molecule has 10 atom stereocenters. The van der Waals surface area contributed by atoms with Crippen molar-refractivity contribution in [3.8, 4) is 0 Å². The predicted octanol–water partition coefficient (Wildman–Crippen LogP) is 4.36. The van der Waals surface area contributed by atoms with Gasteiger partial charge < -0.3 is 20.4 Å². The summed E-state index contributed by atoms with van der Waals surface area (Å²) in [6.07, 6.45) is 7.25. The van der Waals surface area contributed by atoms with Crippen molar-refractivity contribution >= 4 is 11.8 Å². The molecule has 0 aromatic carbocycles. The van der Waals surface area contributed by atoms with Crippen LogP contribution in [-0.2, 0) is 9.59 Å². The van der Waals surface area contributed by atoms with Crippen molar-refractivity contribution in [2.24, 2.45) is 50.2 Å². The maximum atomic E-state index is 13.0. The number of fused-ring (bicyclic) bond motifs is 7. The molecule has 5 aliphatic rings. The lowest BCUT2D eigenvalue weighted by molar-refractivity contribution is -0.211. The third-order valence-corrected chi connectivity index (χ3v) is 13.2. The smallest absolute Gasteiger partial charge is 0.312 e. The van der Waals surface area contributed by atoms with Crippen LogP contribution < -0.4 is 0 Å². The molecule has 5 rings (SSSR count). The van der Waals surface area contributed by atoms with Crippen LogP contribution in [0.25, 0.3) is 0 Å². The number of Topliss-reactive ketones (excluding diaryl/α,β-unsaturated/α-hetero) is 1. The zero-order valence-electron chi connectivity index (χ0n) is 22.8. The summed E-state index contributed by atoms with van der Waals surface area (Å²) in [6.45, 7) is 10.8. The Bertz CT molecular complexity index is 1010. The second kappa shape index (κ2) is 7.89. The summed E-state index contributed by atoms with van der Waals surface area (Å²) in [5.74, 6) is -0.621. The fraction of sp³-hybridized carbons (Fsp3) is 0.867. The van der Waals surface area contributed by atoms with E-state index in [0.717, 1.165) is 25.7 Å². The van der Waals surface area contributed by atoms with Gasteiger partial charge in [0.15, 0.2) is 0 Å². The first-order chi connectivity index (χ1) is 16.7. The number of ketones is 1. The molecule has 36 heavy (non-hydrogen) atoms. The van der Waals surface area contributed by atoms with Gasteiger partial charge in [0.05, 0.1) is 18.1 Å². The van der Waals surface area contributed by atoms with Crippen molar-refractivity contribution in [2.75, 3.05) is 13.2 Å². The zero-order chi connectivity index (χ0) is 26.5. The van der Waals surface area contributed by atoms with Gasteiger partial charge in [-0.25, -0.2) is 0 Å². The lowest BCUT2D eigenvalue weighted by atomic mass is 9.33. The molecule has 0 aromatic rings. The number of carbonyl (C=O) groups is 2. The second-order valence-corrected chi connectivity index (χ2v) is 14.6. The number of aliphatic hydroxyl groups excluding tert-OH is 3. The lowest BCUT2D eigenvalue weighted by Gasteiger charge is -2.71. The van der Waals surface area contributed by atoms with Crippen LogP contribution in [0.5, 0.6) is 0 Å². The number of carboxylic acid groups (broad SMARTS) is 1. The largest absolute Gasteiger partial charge is 0.481 e. The Labute approximate surface area is 215 Å². The lowest BCUT2D eigenvalue weighted by Crippen LogP contribution is -2.67. The number of carboxylic acids is 1. The van der Waals surface area contributed by atoms with Crippen LogP contribution in [0.4, 0.5) is 0 Å². The minimum atomic E-state index is -1.20. The molecule has 6 nitrogen and oxygen atoms in total. The van der Waals surface area contributed by atoms with E-state index in [-0.39, 0.29) is 58.4 Å². The molecule has 5 aliphatic carbocycles. The number of hydrogen-bond acceptors (Lipinski definition) is 5. The van der Waals surface area contributed by atoms with Gasteiger partial charge in [0.25, 0.3) is 0 Å². The first kappa shape index (κ1) is 26.4. The molecule has 4 unspecified atom stereocenters. The third-order valence-electron chi connectivity index (χ3n) is 13.2. The van der Waals surface area contributed by atoms with E-state index in [9.17, 15) is 30.0 Å². The van der Waals surface area contributed by atoms with Crippen molar-refractivity contribution in [3.63, 3.8) is 0 Å². The summed E-state index contributed by atoms with van der Waals surface area (Å²) in [5, 5.41) is 42.7. The standard InChI is InChI=1S/C30H46O6/c1-25(16-31)12-13-30(24(35)36)19(14-25)18-6-7-21-26(2)10-9-22(33)27(3,17-32)20(26)8-11-28(21,4)29(18,5)15-23(30)34/h6,19-21,23,31-32,34H,7-17H2,1-5H3,(H,35,36)/t19-,20?,21-,23?,25?,26+,27?,28-,29-,30-/m1/s1. The molecule has 6 heteroatoms. The van der Waals surface area contributed by atoms with E-state index in [1.165, 1.54) is 5.57 Å². The summed E-state index contributed by atoms with van der Waals surface area (Å²) in [5.41, 5.74) is -1.70. The zero-order valence-corrected chi connectivity index (χ0v) is 22.8. The van der Waals surface area contributed by atoms with Crippen LogP contribution in [0.2, 0.25) is 0 Å². The fourth-order valence-corrected chi connectivity index (χ4v) is 10.6. The van der Waals surface area contributed by atoms with Crippen molar-refractivity contribution in [1.29, 1.82) is 0 Å². The Morgan fingerprint density at radius 2 is 1.67 bits per heavy atom. The van der Waals surface area contributed by atoms with Gasteiger partial charge in [-0.1, -0.05) is 46.3 Å². The van der Waals surface area contributed by atoms with Crippen molar-refractivity contribution < 1.29 is 30.0 Å². The number of aliphatic hydroxyl groups is 3. The van der Waals surface area contributed by atoms with Gasteiger partial charge in [-0.05, 0) is 90.8 Å². The quantitative estimate of drug-likeness (QED) is 0.426. The van der Waals surface area contributed by atoms with E-state index in [0.29, 0.717) is 32.1 Å². The monoisotopic (exact) mass is 502 g/mol. The normalized spacial score (nSPS) is 54.4. The molecule has 0 bridgehead atoms. The molecule has 0 saturated heterocycles. The van der Waals surface area contributed by atoms with Crippen molar-refractivity contribution in [1.82, 2.24) is 0 Å². The molecule has 0 aromatic heterocycles. The topological polar surface area (TPSA) is 115 Å². The summed E-state index contributed by atoms with van der Waals surface area (Å²) < 4.78 is 0. The van der Waals surface area contributed by atoms with Gasteiger partial charge in [-0.15, -0.1) is 0 Å². The molecule has 0 spiro atoms. The summed E-state index contributed by atoms with van der Waals surface area (Å²) in [4.78, 5) is 25.8. The molecular formula is C30H46O6. The number of hydrogen-bond donors (Lipinski definition) is 4. The van der Waals surface area contributed by atoms with Crippen LogP contribution in [0.3, 0.4) is 0 Å². The van der Waals surface area contributed by atoms with Gasteiger partial charge in [0.2, 0.25) is 0 Å². The van der Waals surface area contributed by atoms with Gasteiger partial charge >= 0.3 is 5.97 Å². The molecule has 0 amide bonds. The predicted molar refractivity (Wildman–Crippen MR) is 136 cm³/mol. The van der Waals surface area contributed by atoms with E-state index in [2.05, 4.69) is 26.8 Å². The Morgan fingerprint density at radius 1 is 0.972 bits per heavy atom. The summed E-state index contributed by atoms with van der Waals surface area (Å²) >= 11 is 0. The van der Waals surface area contributed by atoms with E-state index in [1.807, 2.05) is 13.8 Å². The van der Waals surface area contributed by atoms with Crippen LogP contribution in [-0.4, -0.2) is 51.5 Å². The highest BCUT2D eigenvalue weighted by Crippen LogP contribution is 2.75. The SMILES string of the molecule is CC1(CO)CC[C@]2(C(=O)O)C(O)C[C@]3(C)C(=CC[C@@H]4[C@@]5(C)CCC(=O)C(C)(CO)C5CC[C@]43C)[C@H]2C1.